The number of hydrogen-bond acceptors (Lipinski definition) is 4. The molecule has 0 bridgehead atoms. The number of carbonyl (C=O) groups excluding carboxylic acids is 3. The molecule has 1 aliphatic heterocycles. The Morgan fingerprint density at radius 1 is 1.17 bits per heavy atom. The van der Waals surface area contributed by atoms with Gasteiger partial charge in [-0.15, -0.1) is 0 Å². The normalized spacial score (nSPS) is 16.2. The number of carbonyl (C=O) groups is 3. The summed E-state index contributed by atoms with van der Waals surface area (Å²) in [5, 5.41) is 5.51. The summed E-state index contributed by atoms with van der Waals surface area (Å²) in [6.07, 6.45) is 2.70. The van der Waals surface area contributed by atoms with E-state index in [2.05, 4.69) is 15.6 Å². The van der Waals surface area contributed by atoms with Gasteiger partial charge in [0, 0.05) is 25.7 Å². The van der Waals surface area contributed by atoms with Crippen molar-refractivity contribution in [1.82, 2.24) is 19.8 Å². The van der Waals surface area contributed by atoms with Crippen LogP contribution in [0.1, 0.15) is 18.4 Å². The molecule has 4 amide bonds. The minimum absolute atomic E-state index is 0.128. The fourth-order valence-corrected chi connectivity index (χ4v) is 3.58. The highest BCUT2D eigenvalue weighted by Crippen LogP contribution is 2.18. The molecule has 1 aromatic heterocycles. The van der Waals surface area contributed by atoms with Gasteiger partial charge in [0.2, 0.25) is 5.91 Å². The molecule has 4 rings (SSSR count). The Hall–Kier alpha value is -3.68. The molecule has 3 aromatic rings. The third-order valence-electron chi connectivity index (χ3n) is 5.24. The van der Waals surface area contributed by atoms with E-state index in [1.165, 1.54) is 4.90 Å². The number of aromatic nitrogens is 2. The molecule has 0 saturated carbocycles. The Labute approximate surface area is 173 Å². The van der Waals surface area contributed by atoms with Crippen molar-refractivity contribution in [2.45, 2.75) is 25.3 Å². The topological polar surface area (TPSA) is 96.3 Å². The van der Waals surface area contributed by atoms with Gasteiger partial charge in [-0.2, -0.15) is 0 Å². The summed E-state index contributed by atoms with van der Waals surface area (Å²) in [6, 6.07) is 14.1. The van der Waals surface area contributed by atoms with Gasteiger partial charge in [-0.25, -0.2) is 9.78 Å². The highest BCUT2D eigenvalue weighted by Gasteiger charge is 2.37. The average molecular weight is 405 g/mol. The van der Waals surface area contributed by atoms with Crippen molar-refractivity contribution < 1.29 is 14.4 Å². The zero-order valence-electron chi connectivity index (χ0n) is 16.7. The molecule has 8 heteroatoms. The van der Waals surface area contributed by atoms with Crippen LogP contribution in [0.15, 0.2) is 54.9 Å². The molecule has 1 atom stereocenters. The molecule has 0 spiro atoms. The summed E-state index contributed by atoms with van der Waals surface area (Å²) in [4.78, 5) is 42.5. The number of fused-ring (bicyclic) bond motifs is 1. The van der Waals surface area contributed by atoms with Crippen LogP contribution in [0.25, 0.3) is 11.0 Å². The van der Waals surface area contributed by atoms with Crippen molar-refractivity contribution in [2.75, 3.05) is 11.9 Å². The van der Waals surface area contributed by atoms with Crippen LogP contribution in [-0.2, 0) is 23.1 Å². The molecule has 0 radical (unpaired) electrons. The number of anilines is 1. The highest BCUT2D eigenvalue weighted by atomic mass is 16.2. The van der Waals surface area contributed by atoms with Gasteiger partial charge in [-0.05, 0) is 36.6 Å². The molecular weight excluding hydrogens is 382 g/mol. The predicted octanol–water partition coefficient (Wildman–Crippen LogP) is 2.46. The monoisotopic (exact) mass is 405 g/mol. The number of nitrogens with zero attached hydrogens (tertiary/aromatic N) is 3. The number of amides is 4. The first-order valence-corrected chi connectivity index (χ1v) is 9.88. The lowest BCUT2D eigenvalue weighted by Gasteiger charge is -2.13. The van der Waals surface area contributed by atoms with E-state index in [1.807, 2.05) is 54.1 Å². The van der Waals surface area contributed by atoms with Gasteiger partial charge in [0.15, 0.2) is 0 Å². The number of urea groups is 1. The first kappa shape index (κ1) is 19.6. The van der Waals surface area contributed by atoms with Gasteiger partial charge >= 0.3 is 6.03 Å². The molecule has 1 aliphatic rings. The fourth-order valence-electron chi connectivity index (χ4n) is 3.58. The standard InChI is InChI=1S/C22H23N5O3/c1-26-14-23-18-13-16(7-9-19(18)26)24-20(28)10-8-17-21(29)27(22(30)25-17)12-11-15-5-3-2-4-6-15/h2-7,9,13-14,17H,8,10-12H2,1H3,(H,24,28)(H,25,30). The molecule has 1 fully saturated rings. The molecule has 2 heterocycles. The van der Waals surface area contributed by atoms with E-state index in [0.29, 0.717) is 18.7 Å². The summed E-state index contributed by atoms with van der Waals surface area (Å²) in [7, 11) is 1.91. The molecule has 30 heavy (non-hydrogen) atoms. The summed E-state index contributed by atoms with van der Waals surface area (Å²) in [5.41, 5.74) is 3.48. The second kappa shape index (κ2) is 8.36. The van der Waals surface area contributed by atoms with Crippen LogP contribution in [0.2, 0.25) is 0 Å². The van der Waals surface area contributed by atoms with E-state index in [1.54, 1.807) is 12.4 Å². The number of imidazole rings is 1. The minimum atomic E-state index is -0.669. The van der Waals surface area contributed by atoms with Crippen molar-refractivity contribution >= 4 is 34.6 Å². The van der Waals surface area contributed by atoms with Crippen LogP contribution >= 0.6 is 0 Å². The van der Waals surface area contributed by atoms with E-state index in [0.717, 1.165) is 16.6 Å². The summed E-state index contributed by atoms with van der Waals surface area (Å²) in [6.45, 7) is 0.321. The van der Waals surface area contributed by atoms with Crippen molar-refractivity contribution in [3.8, 4) is 0 Å². The first-order valence-electron chi connectivity index (χ1n) is 9.88. The lowest BCUT2D eigenvalue weighted by atomic mass is 10.1. The second-order valence-electron chi connectivity index (χ2n) is 7.37. The van der Waals surface area contributed by atoms with Crippen LogP contribution in [-0.4, -0.2) is 44.9 Å². The maximum atomic E-state index is 12.6. The SMILES string of the molecule is Cn1cnc2cc(NC(=O)CCC3NC(=O)N(CCc4ccccc4)C3=O)ccc21. The summed E-state index contributed by atoms with van der Waals surface area (Å²) >= 11 is 0. The lowest BCUT2D eigenvalue weighted by Crippen LogP contribution is -2.33. The number of aryl methyl sites for hydroxylation is 1. The molecule has 0 aliphatic carbocycles. The fraction of sp³-hybridized carbons (Fsp3) is 0.273. The Kier molecular flexibility index (Phi) is 5.47. The Morgan fingerprint density at radius 3 is 2.77 bits per heavy atom. The Balaban J connectivity index is 1.29. The summed E-state index contributed by atoms with van der Waals surface area (Å²) in [5.74, 6) is -0.492. The molecule has 8 nitrogen and oxygen atoms in total. The van der Waals surface area contributed by atoms with Gasteiger partial charge in [-0.1, -0.05) is 30.3 Å². The van der Waals surface area contributed by atoms with E-state index < -0.39 is 12.1 Å². The minimum Gasteiger partial charge on any atom is -0.334 e. The number of imide groups is 1. The molecule has 154 valence electrons. The highest BCUT2D eigenvalue weighted by molar-refractivity contribution is 6.04. The van der Waals surface area contributed by atoms with E-state index in [-0.39, 0.29) is 24.7 Å². The smallest absolute Gasteiger partial charge is 0.324 e. The number of nitrogens with one attached hydrogen (secondary N) is 2. The molecule has 1 saturated heterocycles. The van der Waals surface area contributed by atoms with Crippen LogP contribution in [0, 0.1) is 0 Å². The lowest BCUT2D eigenvalue weighted by molar-refractivity contribution is -0.127. The zero-order valence-corrected chi connectivity index (χ0v) is 16.7. The van der Waals surface area contributed by atoms with Crippen molar-refractivity contribution in [2.24, 2.45) is 7.05 Å². The first-order chi connectivity index (χ1) is 14.5. The molecule has 1 unspecified atom stereocenters. The molecule has 2 aromatic carbocycles. The Bertz CT molecular complexity index is 1090. The van der Waals surface area contributed by atoms with Crippen molar-refractivity contribution in [1.29, 1.82) is 0 Å². The van der Waals surface area contributed by atoms with Gasteiger partial charge in [0.25, 0.3) is 5.91 Å². The third-order valence-corrected chi connectivity index (χ3v) is 5.24. The van der Waals surface area contributed by atoms with Gasteiger partial charge in [0.05, 0.1) is 17.4 Å². The van der Waals surface area contributed by atoms with Gasteiger partial charge < -0.3 is 15.2 Å². The van der Waals surface area contributed by atoms with E-state index >= 15 is 0 Å². The van der Waals surface area contributed by atoms with Crippen molar-refractivity contribution in [3.05, 3.63) is 60.4 Å². The maximum absolute atomic E-state index is 12.6. The number of benzene rings is 2. The molecule has 2 N–H and O–H groups in total. The van der Waals surface area contributed by atoms with E-state index in [9.17, 15) is 14.4 Å². The van der Waals surface area contributed by atoms with Crippen LogP contribution < -0.4 is 10.6 Å². The van der Waals surface area contributed by atoms with Crippen LogP contribution in [0.5, 0.6) is 0 Å². The van der Waals surface area contributed by atoms with E-state index in [4.69, 9.17) is 0 Å². The number of hydrogen-bond donors (Lipinski definition) is 2. The van der Waals surface area contributed by atoms with Gasteiger partial charge in [0.1, 0.15) is 6.04 Å². The zero-order chi connectivity index (χ0) is 21.1. The average Bonchev–Trinajstić information content (AvgIpc) is 3.24. The van der Waals surface area contributed by atoms with Crippen molar-refractivity contribution in [3.63, 3.8) is 0 Å². The Morgan fingerprint density at radius 2 is 1.97 bits per heavy atom. The van der Waals surface area contributed by atoms with Gasteiger partial charge in [-0.3, -0.25) is 14.5 Å². The third kappa shape index (κ3) is 4.17. The van der Waals surface area contributed by atoms with Crippen LogP contribution in [0.4, 0.5) is 10.5 Å². The second-order valence-corrected chi connectivity index (χ2v) is 7.37. The number of rotatable bonds is 7. The predicted molar refractivity (Wildman–Crippen MR) is 113 cm³/mol. The summed E-state index contributed by atoms with van der Waals surface area (Å²) < 4.78 is 1.90. The largest absolute Gasteiger partial charge is 0.334 e. The quantitative estimate of drug-likeness (QED) is 0.590. The maximum Gasteiger partial charge on any atom is 0.324 e. The molecular formula is C22H23N5O3. The van der Waals surface area contributed by atoms with Crippen LogP contribution in [0.3, 0.4) is 0 Å².